The maximum atomic E-state index is 13.2. The number of benzene rings is 1. The highest BCUT2D eigenvalue weighted by atomic mass is 19.1. The number of nitro groups is 1. The number of nitro benzene ring substituents is 1. The van der Waals surface area contributed by atoms with E-state index in [0.29, 0.717) is 0 Å². The molecule has 7 heteroatoms. The monoisotopic (exact) mass is 208 g/mol. The van der Waals surface area contributed by atoms with Crippen molar-refractivity contribution >= 4 is 22.4 Å². The molecular weight excluding hydrogens is 203 g/mol. The first-order valence-electron chi connectivity index (χ1n) is 3.93. The summed E-state index contributed by atoms with van der Waals surface area (Å²) in [6.07, 6.45) is 1.17. The van der Waals surface area contributed by atoms with E-state index in [4.69, 9.17) is 5.73 Å². The van der Waals surface area contributed by atoms with Gasteiger partial charge in [-0.15, -0.1) is 0 Å². The van der Waals surface area contributed by atoms with Gasteiger partial charge in [0.2, 0.25) is 5.82 Å². The van der Waals surface area contributed by atoms with Crippen LogP contribution in [0.3, 0.4) is 0 Å². The smallest absolute Gasteiger partial charge is 0.305 e. The van der Waals surface area contributed by atoms with E-state index < -0.39 is 16.4 Å². The lowest BCUT2D eigenvalue weighted by molar-refractivity contribution is -0.387. The fourth-order valence-electron chi connectivity index (χ4n) is 1.23. The van der Waals surface area contributed by atoms with Gasteiger partial charge in [-0.1, -0.05) is 0 Å². The van der Waals surface area contributed by atoms with E-state index in [2.05, 4.69) is 9.97 Å². The summed E-state index contributed by atoms with van der Waals surface area (Å²) in [5.41, 5.74) is 5.09. The van der Waals surface area contributed by atoms with Gasteiger partial charge in [-0.25, -0.2) is 9.97 Å². The first kappa shape index (κ1) is 9.25. The molecule has 15 heavy (non-hydrogen) atoms. The molecule has 0 saturated heterocycles. The Balaban J connectivity index is 2.83. The summed E-state index contributed by atoms with van der Waals surface area (Å²) >= 11 is 0. The van der Waals surface area contributed by atoms with E-state index in [1.165, 1.54) is 6.33 Å². The van der Waals surface area contributed by atoms with Crippen LogP contribution in [0.4, 0.5) is 15.9 Å². The largest absolute Gasteiger partial charge is 0.383 e. The van der Waals surface area contributed by atoms with Crippen molar-refractivity contribution < 1.29 is 9.31 Å². The lowest BCUT2D eigenvalue weighted by Crippen LogP contribution is -1.97. The zero-order chi connectivity index (χ0) is 11.0. The van der Waals surface area contributed by atoms with Crippen molar-refractivity contribution in [3.05, 3.63) is 34.4 Å². The van der Waals surface area contributed by atoms with E-state index in [9.17, 15) is 14.5 Å². The number of hydrogen-bond donors (Lipinski definition) is 1. The summed E-state index contributed by atoms with van der Waals surface area (Å²) in [5.74, 6) is -0.853. The normalized spacial score (nSPS) is 10.5. The highest BCUT2D eigenvalue weighted by Gasteiger charge is 2.16. The Morgan fingerprint density at radius 3 is 2.80 bits per heavy atom. The van der Waals surface area contributed by atoms with E-state index in [1.54, 1.807) is 0 Å². The van der Waals surface area contributed by atoms with Crippen LogP contribution in [0.2, 0.25) is 0 Å². The zero-order valence-corrected chi connectivity index (χ0v) is 7.35. The molecule has 1 heterocycles. The minimum absolute atomic E-state index is 0.0862. The average Bonchev–Trinajstić information content (AvgIpc) is 2.16. The van der Waals surface area contributed by atoms with Crippen LogP contribution in [0.25, 0.3) is 10.9 Å². The number of aromatic nitrogens is 2. The summed E-state index contributed by atoms with van der Waals surface area (Å²) in [7, 11) is 0. The number of fused-ring (bicyclic) bond motifs is 1. The van der Waals surface area contributed by atoms with Crippen molar-refractivity contribution in [1.82, 2.24) is 9.97 Å². The topological polar surface area (TPSA) is 94.9 Å². The Labute approximate surface area is 82.7 Å². The molecule has 1 aromatic carbocycles. The van der Waals surface area contributed by atoms with Gasteiger partial charge in [0.1, 0.15) is 12.1 Å². The summed E-state index contributed by atoms with van der Waals surface area (Å²) in [6, 6.07) is 1.99. The van der Waals surface area contributed by atoms with Gasteiger partial charge in [0, 0.05) is 17.5 Å². The van der Waals surface area contributed by atoms with E-state index in [0.717, 1.165) is 12.1 Å². The Morgan fingerprint density at radius 2 is 2.13 bits per heavy atom. The van der Waals surface area contributed by atoms with Crippen LogP contribution in [0.5, 0.6) is 0 Å². The predicted octanol–water partition coefficient (Wildman–Crippen LogP) is 1.26. The molecule has 0 bridgehead atoms. The van der Waals surface area contributed by atoms with Crippen molar-refractivity contribution in [2.45, 2.75) is 0 Å². The third-order valence-corrected chi connectivity index (χ3v) is 1.93. The predicted molar refractivity (Wildman–Crippen MR) is 50.6 cm³/mol. The van der Waals surface area contributed by atoms with Gasteiger partial charge in [0.15, 0.2) is 0 Å². The van der Waals surface area contributed by atoms with E-state index in [1.807, 2.05) is 0 Å². The first-order valence-corrected chi connectivity index (χ1v) is 3.93. The van der Waals surface area contributed by atoms with E-state index in [-0.39, 0.29) is 16.7 Å². The second-order valence-electron chi connectivity index (χ2n) is 2.84. The summed E-state index contributed by atoms with van der Waals surface area (Å²) in [5, 5.41) is 10.7. The molecule has 76 valence electrons. The third kappa shape index (κ3) is 1.43. The van der Waals surface area contributed by atoms with Crippen molar-refractivity contribution in [2.75, 3.05) is 5.73 Å². The molecule has 0 aliphatic rings. The van der Waals surface area contributed by atoms with Crippen LogP contribution < -0.4 is 5.73 Å². The van der Waals surface area contributed by atoms with Gasteiger partial charge in [-0.05, 0) is 0 Å². The van der Waals surface area contributed by atoms with Crippen molar-refractivity contribution in [3.63, 3.8) is 0 Å². The highest BCUT2D eigenvalue weighted by Crippen LogP contribution is 2.25. The number of nitrogen functional groups attached to an aromatic ring is 1. The molecule has 0 amide bonds. The van der Waals surface area contributed by atoms with Crippen molar-refractivity contribution in [3.8, 4) is 0 Å². The van der Waals surface area contributed by atoms with Gasteiger partial charge in [0.05, 0.1) is 10.4 Å². The van der Waals surface area contributed by atoms with Gasteiger partial charge in [-0.3, -0.25) is 10.1 Å². The minimum atomic E-state index is -0.939. The van der Waals surface area contributed by atoms with Gasteiger partial charge < -0.3 is 5.73 Å². The summed E-state index contributed by atoms with van der Waals surface area (Å²) < 4.78 is 13.2. The second-order valence-corrected chi connectivity index (χ2v) is 2.84. The lowest BCUT2D eigenvalue weighted by atomic mass is 10.2. The van der Waals surface area contributed by atoms with Gasteiger partial charge >= 0.3 is 5.69 Å². The highest BCUT2D eigenvalue weighted by molar-refractivity contribution is 5.89. The number of nitrogens with two attached hydrogens (primary N) is 1. The van der Waals surface area contributed by atoms with Crippen LogP contribution in [-0.2, 0) is 0 Å². The first-order chi connectivity index (χ1) is 7.09. The Bertz CT molecular complexity index is 558. The maximum absolute atomic E-state index is 13.2. The molecule has 0 atom stereocenters. The molecule has 6 nitrogen and oxygen atoms in total. The Kier molecular flexibility index (Phi) is 1.93. The van der Waals surface area contributed by atoms with Crippen molar-refractivity contribution in [2.24, 2.45) is 0 Å². The third-order valence-electron chi connectivity index (χ3n) is 1.93. The Morgan fingerprint density at radius 1 is 1.40 bits per heavy atom. The second kappa shape index (κ2) is 3.12. The molecule has 0 aliphatic carbocycles. The SMILES string of the molecule is Nc1ncnc2cc(F)c([N+](=O)[O-])cc12. The number of nitrogens with zero attached hydrogens (tertiary/aromatic N) is 3. The fourth-order valence-corrected chi connectivity index (χ4v) is 1.23. The van der Waals surface area contributed by atoms with Crippen LogP contribution in [0.1, 0.15) is 0 Å². The molecule has 2 rings (SSSR count). The molecular formula is C8H5FN4O2. The Hall–Kier alpha value is -2.31. The van der Waals surface area contributed by atoms with Gasteiger partial charge in [0.25, 0.3) is 0 Å². The average molecular weight is 208 g/mol. The number of anilines is 1. The number of hydrogen-bond acceptors (Lipinski definition) is 5. The molecule has 0 spiro atoms. The molecule has 0 saturated carbocycles. The molecule has 0 fully saturated rings. The summed E-state index contributed by atoms with van der Waals surface area (Å²) in [4.78, 5) is 17.1. The molecule has 0 aliphatic heterocycles. The molecule has 2 aromatic rings. The fraction of sp³-hybridized carbons (Fsp3) is 0. The van der Waals surface area contributed by atoms with Gasteiger partial charge in [-0.2, -0.15) is 4.39 Å². The lowest BCUT2D eigenvalue weighted by Gasteiger charge is -2.00. The van der Waals surface area contributed by atoms with Crippen LogP contribution in [0, 0.1) is 15.9 Å². The number of halogens is 1. The van der Waals surface area contributed by atoms with Crippen molar-refractivity contribution in [1.29, 1.82) is 0 Å². The molecule has 0 radical (unpaired) electrons. The van der Waals surface area contributed by atoms with Crippen LogP contribution in [0.15, 0.2) is 18.5 Å². The molecule has 2 N–H and O–H groups in total. The van der Waals surface area contributed by atoms with Crippen LogP contribution >= 0.6 is 0 Å². The van der Waals surface area contributed by atoms with Crippen LogP contribution in [-0.4, -0.2) is 14.9 Å². The molecule has 1 aromatic heterocycles. The van der Waals surface area contributed by atoms with E-state index >= 15 is 0 Å². The minimum Gasteiger partial charge on any atom is -0.383 e. The zero-order valence-electron chi connectivity index (χ0n) is 7.35. The quantitative estimate of drug-likeness (QED) is 0.562. The number of rotatable bonds is 1. The maximum Gasteiger partial charge on any atom is 0.305 e. The standard InChI is InChI=1S/C8H5FN4O2/c9-5-2-6-4(1-7(5)13(14)15)8(10)12-3-11-6/h1-3H,(H2,10,11,12). The summed E-state index contributed by atoms with van der Waals surface area (Å²) in [6.45, 7) is 0. The molecule has 0 unspecified atom stereocenters.